The van der Waals surface area contributed by atoms with E-state index in [1.807, 2.05) is 33.0 Å². The third kappa shape index (κ3) is 7.87. The molecule has 3 saturated heterocycles. The third-order valence-corrected chi connectivity index (χ3v) is 11.2. The number of amides is 2. The Kier molecular flexibility index (Phi) is 10.1. The molecule has 0 spiro atoms. The summed E-state index contributed by atoms with van der Waals surface area (Å²) in [6.07, 6.45) is 10.6. The summed E-state index contributed by atoms with van der Waals surface area (Å²) in [5, 5.41) is 0.805. The highest BCUT2D eigenvalue weighted by atomic mass is 79.9. The second-order valence-corrected chi connectivity index (χ2v) is 16.0. The molecule has 0 bridgehead atoms. The maximum Gasteiger partial charge on any atom is 0.410 e. The molecule has 3 fully saturated rings. The Morgan fingerprint density at radius 3 is 2.18 bits per heavy atom. The van der Waals surface area contributed by atoms with Gasteiger partial charge in [0.25, 0.3) is 0 Å². The van der Waals surface area contributed by atoms with Gasteiger partial charge < -0.3 is 14.5 Å². The van der Waals surface area contributed by atoms with E-state index in [0.717, 1.165) is 74.2 Å². The molecule has 3 aliphatic heterocycles. The number of fused-ring (bicyclic) bond motifs is 2. The van der Waals surface area contributed by atoms with E-state index >= 15 is 0 Å². The molecule has 1 aliphatic carbocycles. The van der Waals surface area contributed by atoms with E-state index in [-0.39, 0.29) is 12.1 Å². The van der Waals surface area contributed by atoms with Crippen molar-refractivity contribution in [1.29, 1.82) is 0 Å². The lowest BCUT2D eigenvalue weighted by molar-refractivity contribution is -0.134. The summed E-state index contributed by atoms with van der Waals surface area (Å²) >= 11 is 10.1. The van der Waals surface area contributed by atoms with Crippen LogP contribution in [0.2, 0.25) is 5.02 Å². The fourth-order valence-corrected chi connectivity index (χ4v) is 8.65. The number of carbonyl (C=O) groups excluding carboxylic acids is 2. The molecule has 1 aromatic carbocycles. The lowest BCUT2D eigenvalue weighted by atomic mass is 9.78. The first-order valence-corrected chi connectivity index (χ1v) is 18.1. The Hall–Kier alpha value is -2.16. The molecule has 1 unspecified atom stereocenters. The molecule has 0 saturated carbocycles. The van der Waals surface area contributed by atoms with Crippen LogP contribution in [0.25, 0.3) is 0 Å². The summed E-state index contributed by atoms with van der Waals surface area (Å²) in [6.45, 7) is 10.9. The second-order valence-electron chi connectivity index (χ2n) is 14.7. The van der Waals surface area contributed by atoms with Gasteiger partial charge in [0.1, 0.15) is 5.60 Å². The zero-order chi connectivity index (χ0) is 31.7. The number of nitrogens with zero attached hydrogens (tertiary/aromatic N) is 4. The molecule has 7 nitrogen and oxygen atoms in total. The molecule has 0 radical (unpaired) electrons. The minimum atomic E-state index is -0.481. The number of hydrogen-bond acceptors (Lipinski definition) is 5. The first-order valence-electron chi connectivity index (χ1n) is 17.0. The van der Waals surface area contributed by atoms with Crippen molar-refractivity contribution in [3.8, 4) is 0 Å². The molecule has 2 amide bonds. The predicted molar refractivity (Wildman–Crippen MR) is 181 cm³/mol. The van der Waals surface area contributed by atoms with Gasteiger partial charge >= 0.3 is 6.09 Å². The molecule has 244 valence electrons. The van der Waals surface area contributed by atoms with Crippen LogP contribution in [0.15, 0.2) is 34.9 Å². The first-order chi connectivity index (χ1) is 21.5. The van der Waals surface area contributed by atoms with Gasteiger partial charge in [-0.25, -0.2) is 4.79 Å². The number of ether oxygens (including phenoxy) is 1. The van der Waals surface area contributed by atoms with Crippen molar-refractivity contribution < 1.29 is 14.3 Å². The quantitative estimate of drug-likeness (QED) is 0.328. The van der Waals surface area contributed by atoms with Crippen molar-refractivity contribution in [1.82, 2.24) is 19.7 Å². The molecule has 45 heavy (non-hydrogen) atoms. The Bertz CT molecular complexity index is 1320. The third-order valence-electron chi connectivity index (χ3n) is 10.5. The number of benzene rings is 1. The molecular weight excluding hydrogens is 652 g/mol. The standard InChI is InChI=1S/C36H48BrClN4O3/c1-36(2,3)45-35(44)42-14-8-24(9-15-42)20-32(43)40-16-10-25(11-17-40)26-12-18-41(19-13-26)34-31-7-6-30(38)22-27(31)4-5-28-21-29(37)23-39-33(28)34/h6-7,21-26,34H,4-5,8-20H2,1-3H3. The summed E-state index contributed by atoms with van der Waals surface area (Å²) in [6, 6.07) is 8.83. The van der Waals surface area contributed by atoms with Crippen molar-refractivity contribution in [3.05, 3.63) is 62.3 Å². The van der Waals surface area contributed by atoms with Gasteiger partial charge in [-0.15, -0.1) is 0 Å². The average Bonchev–Trinajstić information content (AvgIpc) is 3.17. The average molecular weight is 700 g/mol. The van der Waals surface area contributed by atoms with Crippen LogP contribution >= 0.6 is 27.5 Å². The SMILES string of the molecule is CC(C)(C)OC(=O)N1CCC(CC(=O)N2CCC(C3CCN(C4c5ccc(Cl)cc5CCc5cc(Br)cnc54)CC3)CC2)CC1. The number of rotatable bonds is 4. The normalized spacial score (nSPS) is 22.5. The zero-order valence-corrected chi connectivity index (χ0v) is 29.4. The summed E-state index contributed by atoms with van der Waals surface area (Å²) in [5.41, 5.74) is 4.74. The summed E-state index contributed by atoms with van der Waals surface area (Å²) in [4.78, 5) is 37.2. The van der Waals surface area contributed by atoms with Gasteiger partial charge in [-0.3, -0.25) is 14.7 Å². The van der Waals surface area contributed by atoms with E-state index in [2.05, 4.69) is 43.9 Å². The first kappa shape index (κ1) is 32.8. The van der Waals surface area contributed by atoms with Gasteiger partial charge in [-0.05, 0) is 154 Å². The van der Waals surface area contributed by atoms with Gasteiger partial charge in [0.05, 0.1) is 11.7 Å². The molecule has 9 heteroatoms. The molecule has 0 N–H and O–H groups in total. The van der Waals surface area contributed by atoms with E-state index in [0.29, 0.717) is 43.2 Å². The van der Waals surface area contributed by atoms with Crippen LogP contribution in [0.5, 0.6) is 0 Å². The van der Waals surface area contributed by atoms with Crippen LogP contribution in [0.1, 0.15) is 94.1 Å². The molecule has 1 atom stereocenters. The number of hydrogen-bond donors (Lipinski definition) is 0. The van der Waals surface area contributed by atoms with Gasteiger partial charge in [0.15, 0.2) is 0 Å². The summed E-state index contributed by atoms with van der Waals surface area (Å²) in [7, 11) is 0. The van der Waals surface area contributed by atoms with E-state index in [1.54, 1.807) is 4.90 Å². The van der Waals surface area contributed by atoms with Crippen LogP contribution < -0.4 is 0 Å². The molecule has 6 rings (SSSR count). The summed E-state index contributed by atoms with van der Waals surface area (Å²) < 4.78 is 6.56. The Labute approximate surface area is 282 Å². The fraction of sp³-hybridized carbons (Fsp3) is 0.639. The van der Waals surface area contributed by atoms with Crippen LogP contribution in [-0.4, -0.2) is 76.6 Å². The minimum absolute atomic E-state index is 0.166. The van der Waals surface area contributed by atoms with E-state index in [4.69, 9.17) is 21.3 Å². The highest BCUT2D eigenvalue weighted by Gasteiger charge is 2.36. The van der Waals surface area contributed by atoms with Gasteiger partial charge in [0, 0.05) is 48.3 Å². The number of aryl methyl sites for hydroxylation is 2. The Morgan fingerprint density at radius 2 is 1.51 bits per heavy atom. The molecule has 2 aromatic rings. The van der Waals surface area contributed by atoms with Crippen molar-refractivity contribution in [2.45, 2.75) is 90.2 Å². The molecule has 4 aliphatic rings. The lowest BCUT2D eigenvalue weighted by Crippen LogP contribution is -2.45. The van der Waals surface area contributed by atoms with E-state index in [1.165, 1.54) is 35.2 Å². The predicted octanol–water partition coefficient (Wildman–Crippen LogP) is 7.67. The van der Waals surface area contributed by atoms with Crippen LogP contribution in [0.3, 0.4) is 0 Å². The highest BCUT2D eigenvalue weighted by molar-refractivity contribution is 9.10. The van der Waals surface area contributed by atoms with Crippen molar-refractivity contribution in [2.75, 3.05) is 39.3 Å². The fourth-order valence-electron chi connectivity index (χ4n) is 8.07. The smallest absolute Gasteiger partial charge is 0.410 e. The van der Waals surface area contributed by atoms with Crippen LogP contribution in [0.4, 0.5) is 4.79 Å². The van der Waals surface area contributed by atoms with Crippen LogP contribution in [0, 0.1) is 17.8 Å². The van der Waals surface area contributed by atoms with Crippen molar-refractivity contribution >= 4 is 39.5 Å². The lowest BCUT2D eigenvalue weighted by Gasteiger charge is -2.43. The van der Waals surface area contributed by atoms with E-state index < -0.39 is 5.60 Å². The molecular formula is C36H48BrClN4O3. The maximum atomic E-state index is 13.2. The Morgan fingerprint density at radius 1 is 0.889 bits per heavy atom. The number of likely N-dealkylation sites (tertiary alicyclic amines) is 3. The monoisotopic (exact) mass is 698 g/mol. The van der Waals surface area contributed by atoms with Crippen molar-refractivity contribution in [2.24, 2.45) is 17.8 Å². The largest absolute Gasteiger partial charge is 0.444 e. The number of pyridine rings is 1. The zero-order valence-electron chi connectivity index (χ0n) is 27.1. The van der Waals surface area contributed by atoms with Gasteiger partial charge in [-0.2, -0.15) is 0 Å². The number of piperidine rings is 3. The Balaban J connectivity index is 0.994. The van der Waals surface area contributed by atoms with Crippen molar-refractivity contribution in [3.63, 3.8) is 0 Å². The topological polar surface area (TPSA) is 66.0 Å². The van der Waals surface area contributed by atoms with Crippen LogP contribution in [-0.2, 0) is 22.4 Å². The highest BCUT2D eigenvalue weighted by Crippen LogP contribution is 2.41. The van der Waals surface area contributed by atoms with Gasteiger partial charge in [-0.1, -0.05) is 17.7 Å². The number of carbonyl (C=O) groups is 2. The second kappa shape index (κ2) is 13.9. The summed E-state index contributed by atoms with van der Waals surface area (Å²) in [5.74, 6) is 2.05. The number of halogens is 2. The molecule has 1 aromatic heterocycles. The molecule has 4 heterocycles. The minimum Gasteiger partial charge on any atom is -0.444 e. The van der Waals surface area contributed by atoms with Gasteiger partial charge in [0.2, 0.25) is 5.91 Å². The van der Waals surface area contributed by atoms with E-state index in [9.17, 15) is 9.59 Å². The number of aromatic nitrogens is 1. The maximum absolute atomic E-state index is 13.2.